The summed E-state index contributed by atoms with van der Waals surface area (Å²) in [5, 5.41) is 28.9. The fourth-order valence-electron chi connectivity index (χ4n) is 9.54. The molecule has 0 aromatic rings. The van der Waals surface area contributed by atoms with Crippen molar-refractivity contribution in [2.24, 2.45) is 52.1 Å². The Morgan fingerprint density at radius 3 is 2.44 bits per heavy atom. The summed E-state index contributed by atoms with van der Waals surface area (Å²) in [6.07, 6.45) is 5.96. The van der Waals surface area contributed by atoms with Gasteiger partial charge in [0, 0.05) is 19.0 Å². The van der Waals surface area contributed by atoms with Crippen LogP contribution < -0.4 is 16.4 Å². The van der Waals surface area contributed by atoms with Crippen LogP contribution in [0.2, 0.25) is 0 Å². The average Bonchev–Trinajstić information content (AvgIpc) is 3.21. The van der Waals surface area contributed by atoms with Crippen molar-refractivity contribution in [3.05, 3.63) is 0 Å². The van der Waals surface area contributed by atoms with Crippen LogP contribution in [0.15, 0.2) is 0 Å². The maximum Gasteiger partial charge on any atom is 0.266 e. The summed E-state index contributed by atoms with van der Waals surface area (Å²) in [6.45, 7) is 6.53. The van der Waals surface area contributed by atoms with Crippen molar-refractivity contribution in [3.63, 3.8) is 0 Å². The van der Waals surface area contributed by atoms with E-state index in [-0.39, 0.29) is 83.7 Å². The fourth-order valence-corrected chi connectivity index (χ4v) is 9.90. The van der Waals surface area contributed by atoms with Crippen LogP contribution in [-0.4, -0.2) is 72.1 Å². The van der Waals surface area contributed by atoms with Crippen molar-refractivity contribution in [2.75, 3.05) is 18.8 Å². The molecule has 39 heavy (non-hydrogen) atoms. The number of amides is 2. The van der Waals surface area contributed by atoms with Gasteiger partial charge in [-0.3, -0.25) is 14.1 Å². The molecule has 11 atom stereocenters. The molecule has 11 heteroatoms. The standard InChI is InChI=1S/C28H49N3O7S/c1-16(4-7-24(34)30-10-11-39(36,37)38)19-5-6-20-26-21(14-23(33)28(19,20)3)27(2)9-8-18(31-25(35)15-29)12-17(27)13-22(26)32/h16-23,26,32-33H,4-15,29H2,1-3H3,(H,30,34)(H,31,35)(H,36,37,38)/t16-,17+,18+,19-,20+,21+,22-,23+,26+,27+,28-/m1/s1. The predicted octanol–water partition coefficient (Wildman–Crippen LogP) is 1.45. The van der Waals surface area contributed by atoms with Gasteiger partial charge in [0.05, 0.1) is 24.5 Å². The van der Waals surface area contributed by atoms with E-state index in [1.54, 1.807) is 0 Å². The molecule has 7 N–H and O–H groups in total. The Bertz CT molecular complexity index is 1020. The third kappa shape index (κ3) is 6.03. The number of carbonyl (C=O) groups excluding carboxylic acids is 2. The minimum absolute atomic E-state index is 0.0139. The number of hydrogen-bond acceptors (Lipinski definition) is 7. The van der Waals surface area contributed by atoms with Crippen LogP contribution in [0.3, 0.4) is 0 Å². The molecule has 4 aliphatic carbocycles. The average molecular weight is 572 g/mol. The Labute approximate surface area is 233 Å². The highest BCUT2D eigenvalue weighted by molar-refractivity contribution is 7.85. The van der Waals surface area contributed by atoms with E-state index in [0.29, 0.717) is 12.8 Å². The molecule has 0 heterocycles. The summed E-state index contributed by atoms with van der Waals surface area (Å²) in [4.78, 5) is 24.2. The molecule has 4 aliphatic rings. The lowest BCUT2D eigenvalue weighted by molar-refractivity contribution is -0.202. The molecule has 4 saturated carbocycles. The van der Waals surface area contributed by atoms with Crippen molar-refractivity contribution in [2.45, 2.75) is 96.8 Å². The van der Waals surface area contributed by atoms with Crippen molar-refractivity contribution >= 4 is 21.9 Å². The Hall–Kier alpha value is -1.27. The number of rotatable bonds is 9. The number of aliphatic hydroxyl groups is 2. The van der Waals surface area contributed by atoms with Crippen molar-refractivity contribution in [1.82, 2.24) is 10.6 Å². The third-order valence-corrected chi connectivity index (χ3v) is 12.3. The summed E-state index contributed by atoms with van der Waals surface area (Å²) < 4.78 is 30.6. The Morgan fingerprint density at radius 1 is 1.05 bits per heavy atom. The van der Waals surface area contributed by atoms with Gasteiger partial charge in [-0.25, -0.2) is 0 Å². The molecular weight excluding hydrogens is 522 g/mol. The topological polar surface area (TPSA) is 179 Å². The second kappa shape index (κ2) is 11.5. The van der Waals surface area contributed by atoms with Gasteiger partial charge in [-0.15, -0.1) is 0 Å². The summed E-state index contributed by atoms with van der Waals surface area (Å²) in [5.41, 5.74) is 5.18. The van der Waals surface area contributed by atoms with Gasteiger partial charge in [-0.1, -0.05) is 20.8 Å². The van der Waals surface area contributed by atoms with E-state index in [2.05, 4.69) is 31.4 Å². The molecule has 0 radical (unpaired) electrons. The molecule has 2 amide bonds. The van der Waals surface area contributed by atoms with E-state index >= 15 is 0 Å². The second-order valence-electron chi connectivity index (χ2n) is 13.5. The molecular formula is C28H49N3O7S. The molecule has 4 fully saturated rings. The van der Waals surface area contributed by atoms with Crippen LogP contribution in [0.25, 0.3) is 0 Å². The van der Waals surface area contributed by atoms with Crippen LogP contribution in [0.1, 0.15) is 78.6 Å². The van der Waals surface area contributed by atoms with Gasteiger partial charge < -0.3 is 26.6 Å². The lowest BCUT2D eigenvalue weighted by Crippen LogP contribution is -2.63. The van der Waals surface area contributed by atoms with Crippen LogP contribution in [-0.2, 0) is 19.7 Å². The first-order chi connectivity index (χ1) is 18.2. The van der Waals surface area contributed by atoms with Crippen molar-refractivity contribution < 1.29 is 32.8 Å². The van der Waals surface area contributed by atoms with Crippen LogP contribution in [0, 0.1) is 46.3 Å². The monoisotopic (exact) mass is 571 g/mol. The predicted molar refractivity (Wildman–Crippen MR) is 147 cm³/mol. The van der Waals surface area contributed by atoms with Crippen LogP contribution in [0.5, 0.6) is 0 Å². The molecule has 0 saturated heterocycles. The van der Waals surface area contributed by atoms with Gasteiger partial charge in [0.25, 0.3) is 10.1 Å². The van der Waals surface area contributed by atoms with E-state index in [1.165, 1.54) is 0 Å². The highest BCUT2D eigenvalue weighted by Gasteiger charge is 2.65. The molecule has 10 nitrogen and oxygen atoms in total. The van der Waals surface area contributed by atoms with E-state index in [1.807, 2.05) is 0 Å². The number of hydrogen-bond donors (Lipinski definition) is 6. The molecule has 0 spiro atoms. The van der Waals surface area contributed by atoms with Gasteiger partial charge >= 0.3 is 0 Å². The molecule has 0 unspecified atom stereocenters. The van der Waals surface area contributed by atoms with Crippen LogP contribution >= 0.6 is 0 Å². The highest BCUT2D eigenvalue weighted by atomic mass is 32.2. The smallest absolute Gasteiger partial charge is 0.266 e. The van der Waals surface area contributed by atoms with Gasteiger partial charge in [-0.05, 0) is 97.7 Å². The van der Waals surface area contributed by atoms with Gasteiger partial charge in [0.2, 0.25) is 11.8 Å². The van der Waals surface area contributed by atoms with Gasteiger partial charge in [0.1, 0.15) is 0 Å². The fraction of sp³-hybridized carbons (Fsp3) is 0.929. The highest BCUT2D eigenvalue weighted by Crippen LogP contribution is 2.68. The first-order valence-corrected chi connectivity index (χ1v) is 16.4. The quantitative estimate of drug-likeness (QED) is 0.225. The zero-order chi connectivity index (χ0) is 28.8. The molecule has 0 aromatic carbocycles. The molecule has 4 rings (SSSR count). The lowest BCUT2D eigenvalue weighted by Gasteiger charge is -2.63. The minimum atomic E-state index is -4.11. The molecule has 224 valence electrons. The molecule has 0 bridgehead atoms. The number of nitrogens with one attached hydrogen (secondary N) is 2. The summed E-state index contributed by atoms with van der Waals surface area (Å²) >= 11 is 0. The first-order valence-electron chi connectivity index (χ1n) is 14.8. The largest absolute Gasteiger partial charge is 0.393 e. The molecule has 0 aliphatic heterocycles. The van der Waals surface area contributed by atoms with Crippen molar-refractivity contribution in [3.8, 4) is 0 Å². The van der Waals surface area contributed by atoms with E-state index in [4.69, 9.17) is 10.3 Å². The Kier molecular flexibility index (Phi) is 9.08. The van der Waals surface area contributed by atoms with Crippen molar-refractivity contribution in [1.29, 1.82) is 0 Å². The number of fused-ring (bicyclic) bond motifs is 5. The van der Waals surface area contributed by atoms with Gasteiger partial charge in [-0.2, -0.15) is 8.42 Å². The summed E-state index contributed by atoms with van der Waals surface area (Å²) in [5.74, 6) is 0.397. The second-order valence-corrected chi connectivity index (χ2v) is 15.1. The Morgan fingerprint density at radius 2 is 1.77 bits per heavy atom. The first kappa shape index (κ1) is 30.7. The summed E-state index contributed by atoms with van der Waals surface area (Å²) in [6, 6.07) is 0.0867. The SMILES string of the molecule is C[C@H](CCC(=O)NCCS(=O)(=O)O)[C@H]1CC[C@H]2[C@@H]3[C@H](O)C[C@@H]4C[C@@H](NC(=O)CN)CC[C@]4(C)[C@H]3C[C@H](O)[C@]12C. The summed E-state index contributed by atoms with van der Waals surface area (Å²) in [7, 11) is -4.11. The van der Waals surface area contributed by atoms with E-state index in [9.17, 15) is 28.2 Å². The molecule has 0 aromatic heterocycles. The number of aliphatic hydroxyl groups excluding tert-OH is 2. The normalized spacial score (nSPS) is 42.5. The maximum absolute atomic E-state index is 12.3. The number of carbonyl (C=O) groups is 2. The minimum Gasteiger partial charge on any atom is -0.393 e. The third-order valence-electron chi connectivity index (χ3n) is 11.6. The van der Waals surface area contributed by atoms with Gasteiger partial charge in [0.15, 0.2) is 0 Å². The maximum atomic E-state index is 12.3. The Balaban J connectivity index is 1.42. The van der Waals surface area contributed by atoms with E-state index < -0.39 is 28.1 Å². The van der Waals surface area contributed by atoms with Crippen LogP contribution in [0.4, 0.5) is 0 Å². The zero-order valence-corrected chi connectivity index (χ0v) is 24.5. The van der Waals surface area contributed by atoms with E-state index in [0.717, 1.165) is 38.5 Å². The zero-order valence-electron chi connectivity index (χ0n) is 23.6. The number of nitrogens with two attached hydrogens (primary N) is 1. The lowest BCUT2D eigenvalue weighted by atomic mass is 9.43.